The number of H-pyrrole nitrogens is 1. The maximum absolute atomic E-state index is 12.2. The Morgan fingerprint density at radius 2 is 1.93 bits per heavy atom. The fourth-order valence-corrected chi connectivity index (χ4v) is 3.53. The van der Waals surface area contributed by atoms with Gasteiger partial charge in [0.1, 0.15) is 11.3 Å². The SMILES string of the molecule is Cn1c(=O)c2[nH]c(CCC(=O)Nc3nc(C(C)(C)C)cs3)nc2n(C)c1=O. The number of hydrogen-bond donors (Lipinski definition) is 2. The number of fused-ring (bicyclic) bond motifs is 1. The number of nitrogens with zero attached hydrogens (tertiary/aromatic N) is 4. The minimum atomic E-state index is -0.443. The van der Waals surface area contributed by atoms with Gasteiger partial charge in [-0.2, -0.15) is 0 Å². The van der Waals surface area contributed by atoms with Crippen LogP contribution in [0.15, 0.2) is 15.0 Å². The van der Waals surface area contributed by atoms with Crippen LogP contribution < -0.4 is 16.6 Å². The molecule has 3 heterocycles. The number of aromatic amines is 1. The van der Waals surface area contributed by atoms with Crippen LogP contribution in [0, 0.1) is 0 Å². The fourth-order valence-electron chi connectivity index (χ4n) is 2.58. The summed E-state index contributed by atoms with van der Waals surface area (Å²) in [5, 5.41) is 5.28. The second-order valence-corrected chi connectivity index (χ2v) is 8.28. The summed E-state index contributed by atoms with van der Waals surface area (Å²) in [6, 6.07) is 0. The lowest BCUT2D eigenvalue weighted by Crippen LogP contribution is -2.36. The number of hydrogen-bond acceptors (Lipinski definition) is 6. The molecule has 0 bridgehead atoms. The summed E-state index contributed by atoms with van der Waals surface area (Å²) in [5.41, 5.74) is 0.515. The number of carbonyl (C=O) groups excluding carboxylic acids is 1. The van der Waals surface area contributed by atoms with Crippen LogP contribution in [0.2, 0.25) is 0 Å². The highest BCUT2D eigenvalue weighted by Gasteiger charge is 2.18. The lowest BCUT2D eigenvalue weighted by Gasteiger charge is -2.14. The third kappa shape index (κ3) is 3.70. The molecule has 144 valence electrons. The van der Waals surface area contributed by atoms with Gasteiger partial charge in [0, 0.05) is 37.7 Å². The average Bonchev–Trinajstić information content (AvgIpc) is 3.23. The third-order valence-electron chi connectivity index (χ3n) is 4.25. The summed E-state index contributed by atoms with van der Waals surface area (Å²) in [6.07, 6.45) is 0.494. The molecule has 0 saturated carbocycles. The van der Waals surface area contributed by atoms with Crippen molar-refractivity contribution in [1.82, 2.24) is 24.1 Å². The van der Waals surface area contributed by atoms with E-state index in [2.05, 4.69) is 41.0 Å². The first-order chi connectivity index (χ1) is 12.6. The van der Waals surface area contributed by atoms with E-state index in [-0.39, 0.29) is 28.9 Å². The van der Waals surface area contributed by atoms with Crippen molar-refractivity contribution in [3.8, 4) is 0 Å². The Morgan fingerprint density at radius 3 is 2.56 bits per heavy atom. The second-order valence-electron chi connectivity index (χ2n) is 7.42. The molecule has 27 heavy (non-hydrogen) atoms. The molecule has 0 fully saturated rings. The Bertz CT molecular complexity index is 1130. The van der Waals surface area contributed by atoms with Gasteiger partial charge in [-0.15, -0.1) is 11.3 Å². The van der Waals surface area contributed by atoms with Gasteiger partial charge in [-0.1, -0.05) is 20.8 Å². The highest BCUT2D eigenvalue weighted by Crippen LogP contribution is 2.26. The lowest BCUT2D eigenvalue weighted by atomic mass is 9.93. The van der Waals surface area contributed by atoms with E-state index in [1.807, 2.05) is 5.38 Å². The van der Waals surface area contributed by atoms with Gasteiger partial charge in [0.25, 0.3) is 5.56 Å². The molecule has 10 heteroatoms. The van der Waals surface area contributed by atoms with Crippen LogP contribution in [0.3, 0.4) is 0 Å². The van der Waals surface area contributed by atoms with E-state index in [4.69, 9.17) is 0 Å². The minimum Gasteiger partial charge on any atom is -0.336 e. The summed E-state index contributed by atoms with van der Waals surface area (Å²) in [7, 11) is 2.97. The van der Waals surface area contributed by atoms with Crippen molar-refractivity contribution in [3.05, 3.63) is 37.7 Å². The van der Waals surface area contributed by atoms with E-state index in [0.29, 0.717) is 17.4 Å². The quantitative estimate of drug-likeness (QED) is 0.696. The maximum Gasteiger partial charge on any atom is 0.332 e. The molecular weight excluding hydrogens is 368 g/mol. The summed E-state index contributed by atoms with van der Waals surface area (Å²) in [4.78, 5) is 48.0. The summed E-state index contributed by atoms with van der Waals surface area (Å²) < 4.78 is 2.33. The molecule has 3 aromatic heterocycles. The van der Waals surface area contributed by atoms with Crippen molar-refractivity contribution in [3.63, 3.8) is 0 Å². The largest absolute Gasteiger partial charge is 0.336 e. The summed E-state index contributed by atoms with van der Waals surface area (Å²) in [5.74, 6) is 0.292. The first kappa shape index (κ1) is 19.0. The van der Waals surface area contributed by atoms with Crippen LogP contribution in [0.25, 0.3) is 11.2 Å². The van der Waals surface area contributed by atoms with Crippen molar-refractivity contribution in [1.29, 1.82) is 0 Å². The van der Waals surface area contributed by atoms with Gasteiger partial charge in [-0.25, -0.2) is 14.8 Å². The van der Waals surface area contributed by atoms with Crippen LogP contribution in [-0.2, 0) is 30.7 Å². The first-order valence-electron chi connectivity index (χ1n) is 8.48. The monoisotopic (exact) mass is 390 g/mol. The Labute approximate surface area is 159 Å². The molecule has 0 aliphatic rings. The second kappa shape index (κ2) is 6.76. The molecule has 2 N–H and O–H groups in total. The molecule has 0 radical (unpaired) electrons. The first-order valence-corrected chi connectivity index (χ1v) is 9.36. The van der Waals surface area contributed by atoms with Crippen LogP contribution in [0.4, 0.5) is 5.13 Å². The van der Waals surface area contributed by atoms with Gasteiger partial charge < -0.3 is 10.3 Å². The molecular formula is C17H22N6O3S. The fraction of sp³-hybridized carbons (Fsp3) is 0.471. The molecule has 0 spiro atoms. The Hall–Kier alpha value is -2.75. The van der Waals surface area contributed by atoms with E-state index < -0.39 is 11.2 Å². The number of nitrogens with one attached hydrogen (secondary N) is 2. The molecule has 0 aliphatic carbocycles. The van der Waals surface area contributed by atoms with Crippen molar-refractivity contribution >= 4 is 33.5 Å². The maximum atomic E-state index is 12.2. The van der Waals surface area contributed by atoms with E-state index in [0.717, 1.165) is 10.3 Å². The number of aromatic nitrogens is 5. The lowest BCUT2D eigenvalue weighted by molar-refractivity contribution is -0.116. The topological polar surface area (TPSA) is 115 Å². The van der Waals surface area contributed by atoms with Crippen LogP contribution in [0.1, 0.15) is 38.7 Å². The normalized spacial score (nSPS) is 11.9. The number of carbonyl (C=O) groups is 1. The number of imidazole rings is 1. The van der Waals surface area contributed by atoms with Gasteiger partial charge in [0.2, 0.25) is 5.91 Å². The number of amides is 1. The van der Waals surface area contributed by atoms with E-state index in [9.17, 15) is 14.4 Å². The third-order valence-corrected chi connectivity index (χ3v) is 5.01. The molecule has 0 saturated heterocycles. The highest BCUT2D eigenvalue weighted by atomic mass is 32.1. The van der Waals surface area contributed by atoms with E-state index >= 15 is 0 Å². The molecule has 1 amide bonds. The highest BCUT2D eigenvalue weighted by molar-refractivity contribution is 7.13. The molecule has 0 aliphatic heterocycles. The number of rotatable bonds is 4. The van der Waals surface area contributed by atoms with E-state index in [1.165, 1.54) is 23.0 Å². The smallest absolute Gasteiger partial charge is 0.332 e. The van der Waals surface area contributed by atoms with Gasteiger partial charge in [-0.3, -0.25) is 18.7 Å². The van der Waals surface area contributed by atoms with Crippen molar-refractivity contribution < 1.29 is 4.79 Å². The molecule has 0 unspecified atom stereocenters. The Morgan fingerprint density at radius 1 is 1.22 bits per heavy atom. The number of aryl methyl sites for hydroxylation is 2. The zero-order valence-corrected chi connectivity index (χ0v) is 16.7. The predicted molar refractivity (Wildman–Crippen MR) is 104 cm³/mol. The average molecular weight is 390 g/mol. The Balaban J connectivity index is 1.71. The molecule has 0 atom stereocenters. The van der Waals surface area contributed by atoms with Crippen molar-refractivity contribution in [2.45, 2.75) is 39.0 Å². The van der Waals surface area contributed by atoms with E-state index in [1.54, 1.807) is 7.05 Å². The zero-order chi connectivity index (χ0) is 19.9. The van der Waals surface area contributed by atoms with Crippen molar-refractivity contribution in [2.24, 2.45) is 14.1 Å². The van der Waals surface area contributed by atoms with Crippen LogP contribution >= 0.6 is 11.3 Å². The van der Waals surface area contributed by atoms with Crippen LogP contribution in [0.5, 0.6) is 0 Å². The van der Waals surface area contributed by atoms with Gasteiger partial charge in [0.05, 0.1) is 5.69 Å². The molecule has 3 aromatic rings. The summed E-state index contributed by atoms with van der Waals surface area (Å²) >= 11 is 1.39. The molecule has 9 nitrogen and oxygen atoms in total. The molecule has 0 aromatic carbocycles. The Kier molecular flexibility index (Phi) is 4.77. The number of anilines is 1. The predicted octanol–water partition coefficient (Wildman–Crippen LogP) is 1.29. The van der Waals surface area contributed by atoms with Crippen molar-refractivity contribution in [2.75, 3.05) is 5.32 Å². The number of thiazole rings is 1. The van der Waals surface area contributed by atoms with Gasteiger partial charge in [0.15, 0.2) is 10.8 Å². The molecule has 3 rings (SSSR count). The van der Waals surface area contributed by atoms with Gasteiger partial charge >= 0.3 is 5.69 Å². The summed E-state index contributed by atoms with van der Waals surface area (Å²) in [6.45, 7) is 6.19. The van der Waals surface area contributed by atoms with Crippen LogP contribution in [-0.4, -0.2) is 30.0 Å². The standard InChI is InChI=1S/C17H22N6O3S/c1-17(2,3)9-8-27-15(18-9)21-11(24)7-6-10-19-12-13(20-10)22(4)16(26)23(5)14(12)25/h8H,6-7H2,1-5H3,(H,19,20)(H,18,21,24). The minimum absolute atomic E-state index is 0.0735. The van der Waals surface area contributed by atoms with Gasteiger partial charge in [-0.05, 0) is 0 Å². The zero-order valence-electron chi connectivity index (χ0n) is 15.9.